The van der Waals surface area contributed by atoms with Gasteiger partial charge in [-0.1, -0.05) is 0 Å². The maximum Gasteiger partial charge on any atom is 0.231 e. The molecule has 6 nitrogen and oxygen atoms in total. The van der Waals surface area contributed by atoms with Crippen molar-refractivity contribution in [3.05, 3.63) is 17.7 Å². The van der Waals surface area contributed by atoms with Gasteiger partial charge in [-0.05, 0) is 13.0 Å². The Morgan fingerprint density at radius 1 is 1.29 bits per heavy atom. The van der Waals surface area contributed by atoms with Crippen LogP contribution in [0.5, 0.6) is 11.5 Å². The van der Waals surface area contributed by atoms with E-state index in [0.29, 0.717) is 11.5 Å². The van der Waals surface area contributed by atoms with Crippen molar-refractivity contribution in [2.75, 3.05) is 17.8 Å². The number of ketones is 1. The lowest BCUT2D eigenvalue weighted by molar-refractivity contribution is 0.101. The number of rotatable bonds is 3. The molecule has 1 aromatic rings. The molecule has 1 aliphatic heterocycles. The normalized spacial score (nSPS) is 13.5. The Morgan fingerprint density at radius 3 is 2.41 bits per heavy atom. The average Bonchev–Trinajstić information content (AvgIpc) is 2.60. The predicted octanol–water partition coefficient (Wildman–Crippen LogP) is 0.989. The van der Waals surface area contributed by atoms with E-state index in [0.717, 1.165) is 6.26 Å². The summed E-state index contributed by atoms with van der Waals surface area (Å²) in [5, 5.41) is 0. The highest BCUT2D eigenvalue weighted by molar-refractivity contribution is 7.92. The van der Waals surface area contributed by atoms with Gasteiger partial charge in [0.15, 0.2) is 17.3 Å². The van der Waals surface area contributed by atoms with Gasteiger partial charge in [-0.15, -0.1) is 0 Å². The molecule has 0 fully saturated rings. The van der Waals surface area contributed by atoms with Gasteiger partial charge in [0.1, 0.15) is 0 Å². The van der Waals surface area contributed by atoms with Crippen molar-refractivity contribution in [1.82, 2.24) is 0 Å². The molecule has 92 valence electrons. The molecular formula is C10H11NO5S. The molecule has 1 aliphatic rings. The number of carbonyl (C=O) groups excluding carboxylic acids is 1. The highest BCUT2D eigenvalue weighted by Gasteiger charge is 2.20. The molecule has 0 spiro atoms. The Morgan fingerprint density at radius 2 is 1.88 bits per heavy atom. The molecule has 0 unspecified atom stereocenters. The first-order valence-electron chi connectivity index (χ1n) is 4.79. The quantitative estimate of drug-likeness (QED) is 0.816. The van der Waals surface area contributed by atoms with Gasteiger partial charge in [-0.3, -0.25) is 9.52 Å². The summed E-state index contributed by atoms with van der Waals surface area (Å²) in [5.41, 5.74) is 0.448. The summed E-state index contributed by atoms with van der Waals surface area (Å²) in [6.45, 7) is 1.42. The summed E-state index contributed by atoms with van der Waals surface area (Å²) >= 11 is 0. The van der Waals surface area contributed by atoms with Crippen LogP contribution in [0.25, 0.3) is 0 Å². The second-order valence-corrected chi connectivity index (χ2v) is 5.43. The minimum absolute atomic E-state index is 0.0645. The van der Waals surface area contributed by atoms with Crippen molar-refractivity contribution in [3.8, 4) is 11.5 Å². The maximum absolute atomic E-state index is 11.4. The molecule has 0 saturated carbocycles. The third-order valence-electron chi connectivity index (χ3n) is 2.19. The first-order chi connectivity index (χ1) is 7.87. The Kier molecular flexibility index (Phi) is 2.70. The van der Waals surface area contributed by atoms with Crippen LogP contribution in [-0.4, -0.2) is 27.2 Å². The largest absolute Gasteiger partial charge is 0.454 e. The fourth-order valence-corrected chi connectivity index (χ4v) is 2.09. The number of hydrogen-bond donors (Lipinski definition) is 1. The average molecular weight is 257 g/mol. The highest BCUT2D eigenvalue weighted by Crippen LogP contribution is 2.37. The Balaban J connectivity index is 2.53. The molecule has 0 aliphatic carbocycles. The molecule has 0 aromatic heterocycles. The van der Waals surface area contributed by atoms with Crippen molar-refractivity contribution in [2.45, 2.75) is 6.92 Å². The SMILES string of the molecule is CC(=O)c1cc2c(cc1NS(C)(=O)=O)OCO2. The lowest BCUT2D eigenvalue weighted by atomic mass is 10.1. The number of carbonyl (C=O) groups is 1. The lowest BCUT2D eigenvalue weighted by Gasteiger charge is -2.09. The first-order valence-corrected chi connectivity index (χ1v) is 6.68. The maximum atomic E-state index is 11.4. The summed E-state index contributed by atoms with van der Waals surface area (Å²) in [5.74, 6) is 0.602. The van der Waals surface area contributed by atoms with E-state index in [-0.39, 0.29) is 23.8 Å². The van der Waals surface area contributed by atoms with Crippen LogP contribution in [0, 0.1) is 0 Å². The molecule has 2 rings (SSSR count). The van der Waals surface area contributed by atoms with Gasteiger partial charge in [0.25, 0.3) is 0 Å². The van der Waals surface area contributed by atoms with Gasteiger partial charge in [0.05, 0.1) is 11.9 Å². The molecule has 1 heterocycles. The molecule has 1 aromatic carbocycles. The second-order valence-electron chi connectivity index (χ2n) is 3.68. The van der Waals surface area contributed by atoms with Gasteiger partial charge in [0.2, 0.25) is 16.8 Å². The number of anilines is 1. The summed E-state index contributed by atoms with van der Waals surface area (Å²) in [4.78, 5) is 11.4. The van der Waals surface area contributed by atoms with E-state index in [4.69, 9.17) is 9.47 Å². The van der Waals surface area contributed by atoms with Gasteiger partial charge in [0, 0.05) is 11.6 Å². The van der Waals surface area contributed by atoms with Crippen LogP contribution < -0.4 is 14.2 Å². The van der Waals surface area contributed by atoms with E-state index < -0.39 is 10.0 Å². The summed E-state index contributed by atoms with van der Waals surface area (Å²) in [7, 11) is -3.45. The number of nitrogens with one attached hydrogen (secondary N) is 1. The highest BCUT2D eigenvalue weighted by atomic mass is 32.2. The third kappa shape index (κ3) is 2.50. The molecule has 1 N–H and O–H groups in total. The molecule has 0 bridgehead atoms. The third-order valence-corrected chi connectivity index (χ3v) is 2.78. The van der Waals surface area contributed by atoms with Crippen LogP contribution in [-0.2, 0) is 10.0 Å². The molecule has 0 amide bonds. The number of ether oxygens (including phenoxy) is 2. The van der Waals surface area contributed by atoms with Crippen molar-refractivity contribution in [3.63, 3.8) is 0 Å². The van der Waals surface area contributed by atoms with Crippen LogP contribution in [0.1, 0.15) is 17.3 Å². The second kappa shape index (κ2) is 3.92. The van der Waals surface area contributed by atoms with Crippen molar-refractivity contribution in [2.24, 2.45) is 0 Å². The molecular weight excluding hydrogens is 246 g/mol. The topological polar surface area (TPSA) is 81.7 Å². The van der Waals surface area contributed by atoms with Gasteiger partial charge < -0.3 is 9.47 Å². The van der Waals surface area contributed by atoms with Crippen molar-refractivity contribution < 1.29 is 22.7 Å². The minimum Gasteiger partial charge on any atom is -0.454 e. The zero-order valence-corrected chi connectivity index (χ0v) is 10.1. The minimum atomic E-state index is -3.45. The number of fused-ring (bicyclic) bond motifs is 1. The van der Waals surface area contributed by atoms with Gasteiger partial charge >= 0.3 is 0 Å². The van der Waals surface area contributed by atoms with E-state index >= 15 is 0 Å². The number of sulfonamides is 1. The standard InChI is InChI=1S/C10H11NO5S/c1-6(12)7-3-9-10(16-5-15-9)4-8(7)11-17(2,13)14/h3-4,11H,5H2,1-2H3. The van der Waals surface area contributed by atoms with Crippen LogP contribution >= 0.6 is 0 Å². The number of hydrogen-bond acceptors (Lipinski definition) is 5. The van der Waals surface area contributed by atoms with E-state index in [1.807, 2.05) is 0 Å². The summed E-state index contributed by atoms with van der Waals surface area (Å²) in [6.07, 6.45) is 1.02. The van der Waals surface area contributed by atoms with Gasteiger partial charge in [-0.25, -0.2) is 8.42 Å². The monoisotopic (exact) mass is 257 g/mol. The number of benzene rings is 1. The van der Waals surface area contributed by atoms with E-state index in [1.165, 1.54) is 19.1 Å². The van der Waals surface area contributed by atoms with E-state index in [9.17, 15) is 13.2 Å². The summed E-state index contributed by atoms with van der Waals surface area (Å²) in [6, 6.07) is 2.91. The summed E-state index contributed by atoms with van der Waals surface area (Å²) < 4.78 is 34.9. The van der Waals surface area contributed by atoms with Crippen LogP contribution in [0.3, 0.4) is 0 Å². The first kappa shape index (κ1) is 11.7. The molecule has 0 radical (unpaired) electrons. The zero-order valence-electron chi connectivity index (χ0n) is 9.31. The molecule has 7 heteroatoms. The molecule has 17 heavy (non-hydrogen) atoms. The van der Waals surface area contributed by atoms with Crippen LogP contribution in [0.15, 0.2) is 12.1 Å². The van der Waals surface area contributed by atoms with E-state index in [2.05, 4.69) is 4.72 Å². The Bertz CT molecular complexity index is 579. The van der Waals surface area contributed by atoms with Crippen LogP contribution in [0.4, 0.5) is 5.69 Å². The van der Waals surface area contributed by atoms with Crippen LogP contribution in [0.2, 0.25) is 0 Å². The molecule has 0 saturated heterocycles. The fraction of sp³-hybridized carbons (Fsp3) is 0.300. The Labute approximate surface area is 98.6 Å². The number of Topliss-reactive ketones (excluding diaryl/α,β-unsaturated/α-hetero) is 1. The lowest BCUT2D eigenvalue weighted by Crippen LogP contribution is -2.12. The smallest absolute Gasteiger partial charge is 0.231 e. The van der Waals surface area contributed by atoms with Crippen molar-refractivity contribution in [1.29, 1.82) is 0 Å². The predicted molar refractivity (Wildman–Crippen MR) is 61.0 cm³/mol. The van der Waals surface area contributed by atoms with Crippen molar-refractivity contribution >= 4 is 21.5 Å². The molecule has 0 atom stereocenters. The Hall–Kier alpha value is -1.76. The zero-order chi connectivity index (χ0) is 12.6. The van der Waals surface area contributed by atoms with E-state index in [1.54, 1.807) is 0 Å². The van der Waals surface area contributed by atoms with Gasteiger partial charge in [-0.2, -0.15) is 0 Å². The fourth-order valence-electron chi connectivity index (χ4n) is 1.52.